The van der Waals surface area contributed by atoms with Gasteiger partial charge in [-0.3, -0.25) is 9.78 Å². The maximum atomic E-state index is 13.2. The van der Waals surface area contributed by atoms with Crippen LogP contribution in [0.25, 0.3) is 11.5 Å². The number of nitrogens with zero attached hydrogens (tertiary/aromatic N) is 3. The van der Waals surface area contributed by atoms with Crippen molar-refractivity contribution in [2.45, 2.75) is 13.0 Å². The number of rotatable bonds is 3. The molecule has 6 nitrogen and oxygen atoms in total. The molecule has 1 N–H and O–H groups in total. The topological polar surface area (TPSA) is 71.3 Å². The van der Waals surface area contributed by atoms with Gasteiger partial charge < -0.3 is 14.6 Å². The van der Waals surface area contributed by atoms with Crippen LogP contribution in [0.1, 0.15) is 27.9 Å². The molecule has 1 aliphatic rings. The highest BCUT2D eigenvalue weighted by atomic mass is 35.5. The SMILES string of the molecule is Cc1nc(-c2ccccc2)oc1C(=O)N1CCNCC1c1cccnc1.Cl. The first-order valence-corrected chi connectivity index (χ1v) is 8.68. The fourth-order valence-electron chi connectivity index (χ4n) is 3.25. The number of amides is 1. The van der Waals surface area contributed by atoms with E-state index < -0.39 is 0 Å². The van der Waals surface area contributed by atoms with Crippen molar-refractivity contribution in [3.05, 3.63) is 71.9 Å². The molecule has 0 spiro atoms. The first-order chi connectivity index (χ1) is 12.7. The lowest BCUT2D eigenvalue weighted by Crippen LogP contribution is -2.48. The quantitative estimate of drug-likeness (QED) is 0.750. The molecule has 1 fully saturated rings. The van der Waals surface area contributed by atoms with Gasteiger partial charge in [0.05, 0.1) is 11.7 Å². The summed E-state index contributed by atoms with van der Waals surface area (Å²) < 4.78 is 5.86. The monoisotopic (exact) mass is 384 g/mol. The zero-order valence-corrected chi connectivity index (χ0v) is 15.8. The molecular weight excluding hydrogens is 364 g/mol. The molecule has 1 unspecified atom stereocenters. The van der Waals surface area contributed by atoms with Crippen LogP contribution in [0.2, 0.25) is 0 Å². The Balaban J connectivity index is 0.00000210. The molecule has 1 aromatic carbocycles. The number of pyridine rings is 1. The minimum Gasteiger partial charge on any atom is -0.431 e. The molecule has 1 aliphatic heterocycles. The first-order valence-electron chi connectivity index (χ1n) is 8.68. The summed E-state index contributed by atoms with van der Waals surface area (Å²) in [7, 11) is 0. The van der Waals surface area contributed by atoms with E-state index in [9.17, 15) is 4.79 Å². The molecule has 1 atom stereocenters. The van der Waals surface area contributed by atoms with Crippen LogP contribution in [0.4, 0.5) is 0 Å². The summed E-state index contributed by atoms with van der Waals surface area (Å²) in [5.74, 6) is 0.645. The van der Waals surface area contributed by atoms with E-state index in [1.807, 2.05) is 54.3 Å². The molecule has 3 heterocycles. The van der Waals surface area contributed by atoms with Crippen molar-refractivity contribution in [2.24, 2.45) is 0 Å². The van der Waals surface area contributed by atoms with Gasteiger partial charge in [0.25, 0.3) is 5.91 Å². The Labute approximate surface area is 164 Å². The lowest BCUT2D eigenvalue weighted by atomic mass is 10.0. The summed E-state index contributed by atoms with van der Waals surface area (Å²) in [5, 5.41) is 3.35. The van der Waals surface area contributed by atoms with Gasteiger partial charge in [0, 0.05) is 37.6 Å². The number of piperazine rings is 1. The van der Waals surface area contributed by atoms with E-state index >= 15 is 0 Å². The van der Waals surface area contributed by atoms with Crippen LogP contribution in [0.3, 0.4) is 0 Å². The number of aryl methyl sites for hydroxylation is 1. The molecule has 0 aliphatic carbocycles. The molecule has 0 bridgehead atoms. The summed E-state index contributed by atoms with van der Waals surface area (Å²) in [6.45, 7) is 3.86. The van der Waals surface area contributed by atoms with E-state index in [1.165, 1.54) is 0 Å². The maximum Gasteiger partial charge on any atom is 0.292 e. The molecule has 2 aromatic heterocycles. The van der Waals surface area contributed by atoms with E-state index in [-0.39, 0.29) is 24.4 Å². The van der Waals surface area contributed by atoms with Crippen LogP contribution in [0, 0.1) is 6.92 Å². The molecule has 0 radical (unpaired) electrons. The number of carbonyl (C=O) groups excluding carboxylic acids is 1. The fourth-order valence-corrected chi connectivity index (χ4v) is 3.25. The van der Waals surface area contributed by atoms with Gasteiger partial charge in [0.15, 0.2) is 0 Å². The second-order valence-corrected chi connectivity index (χ2v) is 6.30. The van der Waals surface area contributed by atoms with Gasteiger partial charge in [-0.2, -0.15) is 0 Å². The molecule has 1 amide bonds. The number of hydrogen-bond donors (Lipinski definition) is 1. The van der Waals surface area contributed by atoms with Gasteiger partial charge in [0.2, 0.25) is 11.7 Å². The standard InChI is InChI=1S/C20H20N4O2.ClH/c1-14-18(26-19(23-14)15-6-3-2-4-7-15)20(25)24-11-10-22-13-17(24)16-8-5-9-21-12-16;/h2-9,12,17,22H,10-11,13H2,1H3;1H. The van der Waals surface area contributed by atoms with Crippen LogP contribution in [0.15, 0.2) is 59.3 Å². The van der Waals surface area contributed by atoms with Gasteiger partial charge in [-0.15, -0.1) is 12.4 Å². The lowest BCUT2D eigenvalue weighted by molar-refractivity contribution is 0.0601. The van der Waals surface area contributed by atoms with Crippen molar-refractivity contribution < 1.29 is 9.21 Å². The Hall–Kier alpha value is -2.70. The third kappa shape index (κ3) is 3.86. The van der Waals surface area contributed by atoms with Crippen LogP contribution in [-0.2, 0) is 0 Å². The van der Waals surface area contributed by atoms with E-state index in [4.69, 9.17) is 4.42 Å². The summed E-state index contributed by atoms with van der Waals surface area (Å²) in [5.41, 5.74) is 2.48. The second-order valence-electron chi connectivity index (χ2n) is 6.30. The number of benzene rings is 1. The predicted octanol–water partition coefficient (Wildman–Crippen LogP) is 3.25. The number of hydrogen-bond acceptors (Lipinski definition) is 5. The number of carbonyl (C=O) groups is 1. The fraction of sp³-hybridized carbons (Fsp3) is 0.250. The Morgan fingerprint density at radius 2 is 2.04 bits per heavy atom. The highest BCUT2D eigenvalue weighted by molar-refractivity contribution is 5.93. The molecule has 3 aromatic rings. The minimum atomic E-state index is -0.132. The highest BCUT2D eigenvalue weighted by Crippen LogP contribution is 2.27. The van der Waals surface area contributed by atoms with Crippen LogP contribution < -0.4 is 5.32 Å². The van der Waals surface area contributed by atoms with Crippen LogP contribution >= 0.6 is 12.4 Å². The van der Waals surface area contributed by atoms with Gasteiger partial charge in [0.1, 0.15) is 0 Å². The summed E-state index contributed by atoms with van der Waals surface area (Å²) in [6.07, 6.45) is 3.54. The second kappa shape index (κ2) is 8.33. The average molecular weight is 385 g/mol. The van der Waals surface area contributed by atoms with Gasteiger partial charge in [-0.05, 0) is 30.7 Å². The molecule has 4 rings (SSSR count). The van der Waals surface area contributed by atoms with Crippen molar-refractivity contribution in [3.8, 4) is 11.5 Å². The van der Waals surface area contributed by atoms with Crippen molar-refractivity contribution in [1.29, 1.82) is 0 Å². The predicted molar refractivity (Wildman–Crippen MR) is 105 cm³/mol. The van der Waals surface area contributed by atoms with Crippen molar-refractivity contribution in [1.82, 2.24) is 20.2 Å². The lowest BCUT2D eigenvalue weighted by Gasteiger charge is -2.35. The van der Waals surface area contributed by atoms with Crippen molar-refractivity contribution in [3.63, 3.8) is 0 Å². The largest absolute Gasteiger partial charge is 0.431 e. The number of nitrogens with one attached hydrogen (secondary N) is 1. The van der Waals surface area contributed by atoms with E-state index in [2.05, 4.69) is 15.3 Å². The van der Waals surface area contributed by atoms with E-state index in [0.29, 0.717) is 30.4 Å². The normalized spacial score (nSPS) is 16.6. The summed E-state index contributed by atoms with van der Waals surface area (Å²) in [6, 6.07) is 13.4. The smallest absolute Gasteiger partial charge is 0.292 e. The molecule has 7 heteroatoms. The Kier molecular flexibility index (Phi) is 5.88. The third-order valence-corrected chi connectivity index (χ3v) is 4.59. The molecule has 0 saturated carbocycles. The molecule has 140 valence electrons. The number of halogens is 1. The average Bonchev–Trinajstić information content (AvgIpc) is 3.10. The molecular formula is C20H21ClN4O2. The van der Waals surface area contributed by atoms with Crippen molar-refractivity contribution in [2.75, 3.05) is 19.6 Å². The summed E-state index contributed by atoms with van der Waals surface area (Å²) in [4.78, 5) is 23.7. The molecule has 1 saturated heterocycles. The van der Waals surface area contributed by atoms with Gasteiger partial charge in [-0.1, -0.05) is 24.3 Å². The first kappa shape index (κ1) is 19.1. The van der Waals surface area contributed by atoms with Gasteiger partial charge >= 0.3 is 0 Å². The van der Waals surface area contributed by atoms with E-state index in [1.54, 1.807) is 12.4 Å². The Morgan fingerprint density at radius 1 is 1.22 bits per heavy atom. The third-order valence-electron chi connectivity index (χ3n) is 4.59. The zero-order chi connectivity index (χ0) is 17.9. The zero-order valence-electron chi connectivity index (χ0n) is 15.0. The highest BCUT2D eigenvalue weighted by Gasteiger charge is 2.32. The van der Waals surface area contributed by atoms with Crippen LogP contribution in [-0.4, -0.2) is 40.4 Å². The van der Waals surface area contributed by atoms with Crippen LogP contribution in [0.5, 0.6) is 0 Å². The molecule has 27 heavy (non-hydrogen) atoms. The summed E-state index contributed by atoms with van der Waals surface area (Å²) >= 11 is 0. The Morgan fingerprint density at radius 3 is 2.78 bits per heavy atom. The van der Waals surface area contributed by atoms with Crippen molar-refractivity contribution >= 4 is 18.3 Å². The van der Waals surface area contributed by atoms with Gasteiger partial charge in [-0.25, -0.2) is 4.98 Å². The number of aromatic nitrogens is 2. The van der Waals surface area contributed by atoms with E-state index in [0.717, 1.165) is 17.7 Å². The Bertz CT molecular complexity index is 899. The number of oxazole rings is 1. The maximum absolute atomic E-state index is 13.2. The minimum absolute atomic E-state index is 0.